The van der Waals surface area contributed by atoms with E-state index >= 15 is 0 Å². The summed E-state index contributed by atoms with van der Waals surface area (Å²) in [6.45, 7) is 3.28. The van der Waals surface area contributed by atoms with Crippen molar-refractivity contribution in [3.8, 4) is 0 Å². The normalized spacial score (nSPS) is 14.2. The fraction of sp³-hybridized carbons (Fsp3) is 0.629. The lowest BCUT2D eigenvalue weighted by Crippen LogP contribution is -2.60. The van der Waals surface area contributed by atoms with Crippen molar-refractivity contribution in [2.24, 2.45) is 11.7 Å². The Morgan fingerprint density at radius 1 is 0.371 bits per heavy atom. The number of hydrogen-bond acceptors (Lipinski definition) is 14. The minimum Gasteiger partial charge on any atom is -0.481 e. The molecular weight excluding hydrogens is 838 g/mol. The number of nitrogens with two attached hydrogens (primary N) is 1. The Balaban J connectivity index is 6.60. The summed E-state index contributed by atoms with van der Waals surface area (Å²) in [6, 6.07) is -12.6. The molecule has 7 unspecified atom stereocenters. The Morgan fingerprint density at radius 3 is 0.903 bits per heavy atom. The van der Waals surface area contributed by atoms with E-state index < -0.39 is 190 Å². The Bertz CT molecular complexity index is 1690. The largest absolute Gasteiger partial charge is 0.481 e. The fourth-order valence-corrected chi connectivity index (χ4v) is 5.27. The van der Waals surface area contributed by atoms with Gasteiger partial charge in [0.1, 0.15) is 36.3 Å². The number of hydrogen-bond donors (Lipinski definition) is 14. The maximum Gasteiger partial charge on any atom is 0.326 e. The number of aliphatic carboxylic acids is 7. The van der Waals surface area contributed by atoms with Crippen molar-refractivity contribution in [1.29, 1.82) is 0 Å². The zero-order valence-electron chi connectivity index (χ0n) is 33.6. The van der Waals surface area contributed by atoms with E-state index in [1.807, 2.05) is 10.6 Å². The molecule has 0 heterocycles. The molecule has 7 atom stereocenters. The molecule has 0 saturated carbocycles. The van der Waals surface area contributed by atoms with Crippen molar-refractivity contribution in [2.45, 2.75) is 133 Å². The maximum atomic E-state index is 13.5. The molecule has 27 nitrogen and oxygen atoms in total. The standard InChI is InChI=1S/C35H53N7O20/c1-15(2)13-22(35(61)62)42-33(59)20(7-12-27(51)52)39-31(57)18(5-10-25(47)48)40-34(60)21(14-28(53)54)41-32(58)19(6-11-26(49)50)38-30(56)17(4-9-24(45)46)37-29(55)16(36)3-8-23(43)44/h15-22H,3-14,36H2,1-2H3,(H,37,55)(H,38,56)(H,39,57)(H,40,60)(H,41,58)(H,42,59)(H,43,44)(H,45,46)(H,47,48)(H,49,50)(H,51,52)(H,53,54)(H,61,62). The molecule has 0 aliphatic rings. The molecule has 15 N–H and O–H groups in total. The number of rotatable bonds is 32. The third-order valence-corrected chi connectivity index (χ3v) is 8.46. The van der Waals surface area contributed by atoms with Crippen LogP contribution in [0.4, 0.5) is 0 Å². The van der Waals surface area contributed by atoms with Crippen LogP contribution in [-0.4, -0.2) is 155 Å². The number of carbonyl (C=O) groups excluding carboxylic acids is 6. The number of carboxylic acids is 7. The Hall–Kier alpha value is -6.93. The lowest BCUT2D eigenvalue weighted by Gasteiger charge is -2.27. The van der Waals surface area contributed by atoms with Gasteiger partial charge in [0.05, 0.1) is 12.5 Å². The second-order valence-electron chi connectivity index (χ2n) is 14.2. The zero-order chi connectivity index (χ0) is 47.9. The highest BCUT2D eigenvalue weighted by atomic mass is 16.4. The van der Waals surface area contributed by atoms with E-state index in [0.717, 1.165) is 0 Å². The molecule has 0 saturated heterocycles. The van der Waals surface area contributed by atoms with Crippen molar-refractivity contribution in [3.63, 3.8) is 0 Å². The summed E-state index contributed by atoms with van der Waals surface area (Å²) >= 11 is 0. The van der Waals surface area contributed by atoms with Gasteiger partial charge in [-0.25, -0.2) is 4.79 Å². The average molecular weight is 892 g/mol. The first-order valence-corrected chi connectivity index (χ1v) is 18.8. The second kappa shape index (κ2) is 27.8. The number of carbonyl (C=O) groups is 13. The molecule has 348 valence electrons. The van der Waals surface area contributed by atoms with E-state index in [1.54, 1.807) is 13.8 Å². The van der Waals surface area contributed by atoms with Gasteiger partial charge in [-0.15, -0.1) is 0 Å². The van der Waals surface area contributed by atoms with Crippen molar-refractivity contribution < 1.29 is 98.1 Å². The summed E-state index contributed by atoms with van der Waals surface area (Å²) in [5, 5.41) is 77.4. The van der Waals surface area contributed by atoms with Gasteiger partial charge in [-0.1, -0.05) is 13.8 Å². The molecule has 0 aliphatic heterocycles. The monoisotopic (exact) mass is 891 g/mol. The van der Waals surface area contributed by atoms with Gasteiger partial charge in [-0.3, -0.25) is 57.5 Å². The van der Waals surface area contributed by atoms with Crippen LogP contribution in [0, 0.1) is 5.92 Å². The smallest absolute Gasteiger partial charge is 0.326 e. The minimum absolute atomic E-state index is 0.0811. The molecule has 62 heavy (non-hydrogen) atoms. The lowest BCUT2D eigenvalue weighted by atomic mass is 10.0. The van der Waals surface area contributed by atoms with Gasteiger partial charge in [-0.05, 0) is 44.4 Å². The van der Waals surface area contributed by atoms with Crippen LogP contribution in [0.5, 0.6) is 0 Å². The molecule has 0 radical (unpaired) electrons. The maximum absolute atomic E-state index is 13.5. The van der Waals surface area contributed by atoms with E-state index in [0.29, 0.717) is 0 Å². The van der Waals surface area contributed by atoms with Gasteiger partial charge in [0, 0.05) is 32.1 Å². The minimum atomic E-state index is -2.17. The van der Waals surface area contributed by atoms with Crippen molar-refractivity contribution in [3.05, 3.63) is 0 Å². The third-order valence-electron chi connectivity index (χ3n) is 8.46. The average Bonchev–Trinajstić information content (AvgIpc) is 3.15. The molecule has 0 aliphatic carbocycles. The Morgan fingerprint density at radius 2 is 0.629 bits per heavy atom. The van der Waals surface area contributed by atoms with Gasteiger partial charge in [-0.2, -0.15) is 0 Å². The summed E-state index contributed by atoms with van der Waals surface area (Å²) < 4.78 is 0. The predicted octanol–water partition coefficient (Wildman–Crippen LogP) is -3.85. The van der Waals surface area contributed by atoms with Gasteiger partial charge in [0.15, 0.2) is 0 Å². The first-order valence-electron chi connectivity index (χ1n) is 18.8. The van der Waals surface area contributed by atoms with Gasteiger partial charge >= 0.3 is 41.8 Å². The Kier molecular flexibility index (Phi) is 24.7. The van der Waals surface area contributed by atoms with Gasteiger partial charge in [0.25, 0.3) is 0 Å². The van der Waals surface area contributed by atoms with Crippen LogP contribution in [0.25, 0.3) is 0 Å². The predicted molar refractivity (Wildman–Crippen MR) is 203 cm³/mol. The molecule has 0 bridgehead atoms. The summed E-state index contributed by atoms with van der Waals surface area (Å²) in [5.74, 6) is -18.5. The fourth-order valence-electron chi connectivity index (χ4n) is 5.27. The van der Waals surface area contributed by atoms with Crippen LogP contribution >= 0.6 is 0 Å². The van der Waals surface area contributed by atoms with Gasteiger partial charge in [0.2, 0.25) is 35.4 Å². The van der Waals surface area contributed by atoms with Crippen LogP contribution in [0.2, 0.25) is 0 Å². The lowest BCUT2D eigenvalue weighted by molar-refractivity contribution is -0.143. The summed E-state index contributed by atoms with van der Waals surface area (Å²) in [6.07, 6.45) is -8.26. The highest BCUT2D eigenvalue weighted by molar-refractivity contribution is 5.98. The summed E-state index contributed by atoms with van der Waals surface area (Å²) in [4.78, 5) is 159. The zero-order valence-corrected chi connectivity index (χ0v) is 33.6. The Labute approximate surface area is 351 Å². The van der Waals surface area contributed by atoms with Crippen molar-refractivity contribution in [2.75, 3.05) is 0 Å². The SMILES string of the molecule is CC(C)CC(NC(=O)C(CCC(=O)O)NC(=O)C(CCC(=O)O)NC(=O)C(CC(=O)O)NC(=O)C(CCC(=O)O)NC(=O)C(CCC(=O)O)NC(=O)C(N)CCC(=O)O)C(=O)O. The molecule has 0 aromatic carbocycles. The number of amides is 6. The topological polar surface area (TPSA) is 462 Å². The number of carboxylic acid groups (broad SMARTS) is 7. The number of nitrogens with one attached hydrogen (secondary N) is 6. The first-order chi connectivity index (χ1) is 28.7. The molecule has 27 heteroatoms. The van der Waals surface area contributed by atoms with Gasteiger partial charge < -0.3 is 73.4 Å². The van der Waals surface area contributed by atoms with E-state index in [2.05, 4.69) is 21.3 Å². The molecule has 0 rings (SSSR count). The first kappa shape index (κ1) is 55.1. The molecule has 0 aromatic rings. The van der Waals surface area contributed by atoms with E-state index in [1.165, 1.54) is 0 Å². The molecule has 6 amide bonds. The van der Waals surface area contributed by atoms with Crippen molar-refractivity contribution in [1.82, 2.24) is 31.9 Å². The van der Waals surface area contributed by atoms with Crippen LogP contribution in [0.1, 0.15) is 90.9 Å². The second-order valence-corrected chi connectivity index (χ2v) is 14.2. The van der Waals surface area contributed by atoms with Crippen molar-refractivity contribution >= 4 is 77.2 Å². The molecular formula is C35H53N7O20. The van der Waals surface area contributed by atoms with Crippen LogP contribution in [0.15, 0.2) is 0 Å². The highest BCUT2D eigenvalue weighted by Gasteiger charge is 2.35. The summed E-state index contributed by atoms with van der Waals surface area (Å²) in [7, 11) is 0. The third kappa shape index (κ3) is 23.6. The van der Waals surface area contributed by atoms with Crippen LogP contribution in [0.3, 0.4) is 0 Å². The van der Waals surface area contributed by atoms with Crippen LogP contribution in [-0.2, 0) is 62.3 Å². The van der Waals surface area contributed by atoms with E-state index in [9.17, 15) is 87.9 Å². The quantitative estimate of drug-likeness (QED) is 0.0307. The molecule has 0 spiro atoms. The van der Waals surface area contributed by atoms with Crippen LogP contribution < -0.4 is 37.6 Å². The summed E-state index contributed by atoms with van der Waals surface area (Å²) in [5.41, 5.74) is 5.66. The molecule has 0 aromatic heterocycles. The highest BCUT2D eigenvalue weighted by Crippen LogP contribution is 2.10. The molecule has 0 fully saturated rings. The van der Waals surface area contributed by atoms with E-state index in [-0.39, 0.29) is 12.3 Å². The van der Waals surface area contributed by atoms with E-state index in [4.69, 9.17) is 15.9 Å².